The van der Waals surface area contributed by atoms with Crippen LogP contribution in [0.5, 0.6) is 0 Å². The highest BCUT2D eigenvalue weighted by atomic mass is 16.6. The van der Waals surface area contributed by atoms with Crippen molar-refractivity contribution in [1.82, 2.24) is 24.6 Å². The van der Waals surface area contributed by atoms with E-state index >= 15 is 0 Å². The van der Waals surface area contributed by atoms with Gasteiger partial charge in [0.25, 0.3) is 17.5 Å². The third-order valence-corrected chi connectivity index (χ3v) is 4.89. The monoisotopic (exact) mass is 410 g/mol. The number of nitro benzene ring substituents is 1. The summed E-state index contributed by atoms with van der Waals surface area (Å²) in [5.74, 6) is 0.377. The second kappa shape index (κ2) is 7.78. The van der Waals surface area contributed by atoms with Crippen molar-refractivity contribution in [3.05, 3.63) is 70.2 Å². The molecule has 1 saturated heterocycles. The fourth-order valence-corrected chi connectivity index (χ4v) is 3.33. The van der Waals surface area contributed by atoms with Crippen LogP contribution in [0.25, 0.3) is 5.69 Å². The number of nitrogens with zero attached hydrogens (tertiary/aromatic N) is 6. The van der Waals surface area contributed by atoms with Gasteiger partial charge in [-0.25, -0.2) is 9.67 Å². The number of piperazine rings is 1. The molecule has 2 aromatic heterocycles. The van der Waals surface area contributed by atoms with E-state index in [2.05, 4.69) is 10.1 Å². The molecule has 2 amide bonds. The summed E-state index contributed by atoms with van der Waals surface area (Å²) in [4.78, 5) is 43.3. The Morgan fingerprint density at radius 3 is 2.33 bits per heavy atom. The summed E-state index contributed by atoms with van der Waals surface area (Å²) >= 11 is 0. The SMILES string of the molecule is Cc1ccc(C(=O)N2CCN(C(=O)c3ccc(-n4cncn4)c([N+](=O)[O-])c3)CC2)o1. The van der Waals surface area contributed by atoms with E-state index in [4.69, 9.17) is 4.42 Å². The first kappa shape index (κ1) is 19.3. The minimum Gasteiger partial charge on any atom is -0.456 e. The standard InChI is InChI=1S/C19H18N6O5/c1-13-2-5-17(30-13)19(27)23-8-6-22(7-9-23)18(26)14-3-4-15(16(10-14)25(28)29)24-12-20-11-21-24/h2-5,10-12H,6-9H2,1H3. The molecule has 1 aliphatic heterocycles. The molecule has 3 aromatic rings. The van der Waals surface area contributed by atoms with Crippen LogP contribution in [0.4, 0.5) is 5.69 Å². The van der Waals surface area contributed by atoms with Crippen molar-refractivity contribution in [1.29, 1.82) is 0 Å². The number of furan rings is 1. The zero-order valence-corrected chi connectivity index (χ0v) is 16.1. The molecular weight excluding hydrogens is 392 g/mol. The Kier molecular flexibility index (Phi) is 5.00. The van der Waals surface area contributed by atoms with Gasteiger partial charge in [0.2, 0.25) is 0 Å². The fraction of sp³-hybridized carbons (Fsp3) is 0.263. The van der Waals surface area contributed by atoms with Crippen LogP contribution in [0.15, 0.2) is 47.4 Å². The normalized spacial score (nSPS) is 14.0. The number of carbonyl (C=O) groups is 2. The Morgan fingerprint density at radius 1 is 1.07 bits per heavy atom. The van der Waals surface area contributed by atoms with Gasteiger partial charge in [-0.15, -0.1) is 0 Å². The van der Waals surface area contributed by atoms with E-state index < -0.39 is 4.92 Å². The average molecular weight is 410 g/mol. The predicted molar refractivity (Wildman–Crippen MR) is 103 cm³/mol. The molecule has 154 valence electrons. The Morgan fingerprint density at radius 2 is 1.77 bits per heavy atom. The second-order valence-corrected chi connectivity index (χ2v) is 6.80. The van der Waals surface area contributed by atoms with Crippen LogP contribution < -0.4 is 0 Å². The molecule has 0 spiro atoms. The van der Waals surface area contributed by atoms with E-state index in [1.165, 1.54) is 35.5 Å². The van der Waals surface area contributed by atoms with Crippen molar-refractivity contribution in [2.75, 3.05) is 26.2 Å². The summed E-state index contributed by atoms with van der Waals surface area (Å²) < 4.78 is 6.64. The molecule has 0 radical (unpaired) electrons. The van der Waals surface area contributed by atoms with Crippen molar-refractivity contribution in [3.8, 4) is 5.69 Å². The number of aryl methyl sites for hydroxylation is 1. The summed E-state index contributed by atoms with van der Waals surface area (Å²) in [6.45, 7) is 3.11. The third kappa shape index (κ3) is 3.64. The minimum atomic E-state index is -0.560. The Bertz CT molecular complexity index is 1100. The first-order valence-corrected chi connectivity index (χ1v) is 9.22. The zero-order valence-electron chi connectivity index (χ0n) is 16.1. The molecule has 0 atom stereocenters. The first-order chi connectivity index (χ1) is 14.4. The van der Waals surface area contributed by atoms with Crippen molar-refractivity contribution < 1.29 is 18.9 Å². The number of amides is 2. The van der Waals surface area contributed by atoms with E-state index in [0.29, 0.717) is 31.9 Å². The van der Waals surface area contributed by atoms with Crippen molar-refractivity contribution in [2.24, 2.45) is 0 Å². The molecule has 11 heteroatoms. The summed E-state index contributed by atoms with van der Waals surface area (Å²) in [6.07, 6.45) is 2.62. The maximum atomic E-state index is 12.9. The van der Waals surface area contributed by atoms with Crippen LogP contribution in [0.3, 0.4) is 0 Å². The smallest absolute Gasteiger partial charge is 0.295 e. The Hall–Kier alpha value is -4.02. The molecule has 1 aliphatic rings. The van der Waals surface area contributed by atoms with E-state index in [1.807, 2.05) is 0 Å². The summed E-state index contributed by atoms with van der Waals surface area (Å²) in [6, 6.07) is 7.59. The lowest BCUT2D eigenvalue weighted by molar-refractivity contribution is -0.384. The second-order valence-electron chi connectivity index (χ2n) is 6.80. The molecule has 0 saturated carbocycles. The van der Waals surface area contributed by atoms with Gasteiger partial charge in [0, 0.05) is 37.8 Å². The minimum absolute atomic E-state index is 0.201. The molecule has 0 bridgehead atoms. The number of benzene rings is 1. The summed E-state index contributed by atoms with van der Waals surface area (Å²) in [5.41, 5.74) is 0.179. The molecule has 30 heavy (non-hydrogen) atoms. The summed E-state index contributed by atoms with van der Waals surface area (Å²) in [5, 5.41) is 15.4. The number of hydrogen-bond acceptors (Lipinski definition) is 7. The van der Waals surface area contributed by atoms with Crippen LogP contribution in [-0.4, -0.2) is 67.5 Å². The van der Waals surface area contributed by atoms with Crippen LogP contribution in [0.2, 0.25) is 0 Å². The number of hydrogen-bond donors (Lipinski definition) is 0. The summed E-state index contributed by atoms with van der Waals surface area (Å²) in [7, 11) is 0. The molecule has 4 rings (SSSR count). The van der Waals surface area contributed by atoms with Gasteiger partial charge in [-0.1, -0.05) is 0 Å². The van der Waals surface area contributed by atoms with Gasteiger partial charge < -0.3 is 14.2 Å². The van der Waals surface area contributed by atoms with E-state index in [0.717, 1.165) is 0 Å². The van der Waals surface area contributed by atoms with Gasteiger partial charge in [0.05, 0.1) is 4.92 Å². The number of carbonyl (C=O) groups excluding carboxylic acids is 2. The van der Waals surface area contributed by atoms with Crippen molar-refractivity contribution in [2.45, 2.75) is 6.92 Å². The van der Waals surface area contributed by atoms with Gasteiger partial charge in [-0.3, -0.25) is 19.7 Å². The molecule has 1 fully saturated rings. The van der Waals surface area contributed by atoms with Crippen molar-refractivity contribution in [3.63, 3.8) is 0 Å². The molecule has 11 nitrogen and oxygen atoms in total. The van der Waals surface area contributed by atoms with Crippen LogP contribution >= 0.6 is 0 Å². The van der Waals surface area contributed by atoms with Crippen LogP contribution in [0.1, 0.15) is 26.7 Å². The van der Waals surface area contributed by atoms with E-state index in [-0.39, 0.29) is 34.5 Å². The zero-order chi connectivity index (χ0) is 21.3. The van der Waals surface area contributed by atoms with Crippen molar-refractivity contribution >= 4 is 17.5 Å². The highest BCUT2D eigenvalue weighted by Gasteiger charge is 2.28. The number of aromatic nitrogens is 3. The molecular formula is C19H18N6O5. The predicted octanol–water partition coefficient (Wildman–Crippen LogP) is 1.68. The lowest BCUT2D eigenvalue weighted by atomic mass is 10.1. The quantitative estimate of drug-likeness (QED) is 0.473. The molecule has 1 aromatic carbocycles. The molecule has 3 heterocycles. The molecule has 0 unspecified atom stereocenters. The molecule has 0 aliphatic carbocycles. The average Bonchev–Trinajstić information content (AvgIpc) is 3.44. The van der Waals surface area contributed by atoms with Gasteiger partial charge >= 0.3 is 0 Å². The first-order valence-electron chi connectivity index (χ1n) is 9.22. The van der Waals surface area contributed by atoms with Crippen LogP contribution in [0, 0.1) is 17.0 Å². The van der Waals surface area contributed by atoms with Gasteiger partial charge in [-0.05, 0) is 31.2 Å². The largest absolute Gasteiger partial charge is 0.456 e. The molecule has 0 N–H and O–H groups in total. The van der Waals surface area contributed by atoms with Gasteiger partial charge in [0.1, 0.15) is 24.1 Å². The lowest BCUT2D eigenvalue weighted by Gasteiger charge is -2.34. The highest BCUT2D eigenvalue weighted by Crippen LogP contribution is 2.24. The van der Waals surface area contributed by atoms with Gasteiger partial charge in [0.15, 0.2) is 5.76 Å². The lowest BCUT2D eigenvalue weighted by Crippen LogP contribution is -2.50. The van der Waals surface area contributed by atoms with Crippen LogP contribution in [-0.2, 0) is 0 Å². The third-order valence-electron chi connectivity index (χ3n) is 4.89. The fourth-order valence-electron chi connectivity index (χ4n) is 3.33. The number of rotatable bonds is 4. The topological polar surface area (TPSA) is 128 Å². The Labute approximate surface area is 170 Å². The van der Waals surface area contributed by atoms with E-state index in [9.17, 15) is 19.7 Å². The maximum absolute atomic E-state index is 12.9. The Balaban J connectivity index is 1.47. The number of nitro groups is 1. The maximum Gasteiger partial charge on any atom is 0.295 e. The van der Waals surface area contributed by atoms with E-state index in [1.54, 1.807) is 28.9 Å². The van der Waals surface area contributed by atoms with Gasteiger partial charge in [-0.2, -0.15) is 5.10 Å². The highest BCUT2D eigenvalue weighted by molar-refractivity contribution is 5.96.